The van der Waals surface area contributed by atoms with Crippen LogP contribution in [0.15, 0.2) is 34.1 Å². The SMILES string of the molecule is O=C(C=c1sc2n(c1=O)CCN=2)Nc1ccc(Cl)cc1. The predicted octanol–water partition coefficient (Wildman–Crippen LogP) is 0.616. The second-order valence-corrected chi connectivity index (χ2v) is 5.67. The lowest BCUT2D eigenvalue weighted by Crippen LogP contribution is -2.30. The quantitative estimate of drug-likeness (QED) is 0.884. The summed E-state index contributed by atoms with van der Waals surface area (Å²) in [5, 5.41) is 3.28. The van der Waals surface area contributed by atoms with Gasteiger partial charge in [0.1, 0.15) is 4.53 Å². The third-order valence-electron chi connectivity index (χ3n) is 2.83. The molecular formula is C13H10ClN3O2S. The molecule has 102 valence electrons. The Hall–Kier alpha value is -1.92. The number of anilines is 1. The Morgan fingerprint density at radius 1 is 1.40 bits per heavy atom. The number of nitrogens with one attached hydrogen (secondary N) is 1. The zero-order valence-electron chi connectivity index (χ0n) is 10.3. The molecule has 2 aromatic rings. The molecule has 20 heavy (non-hydrogen) atoms. The summed E-state index contributed by atoms with van der Waals surface area (Å²) in [6.07, 6.45) is 1.31. The van der Waals surface area contributed by atoms with Gasteiger partial charge in [-0.15, -0.1) is 0 Å². The second kappa shape index (κ2) is 5.22. The van der Waals surface area contributed by atoms with Crippen LogP contribution in [-0.2, 0) is 11.3 Å². The number of nitrogens with zero attached hydrogens (tertiary/aromatic N) is 2. The molecule has 0 radical (unpaired) electrons. The van der Waals surface area contributed by atoms with Crippen molar-refractivity contribution in [2.75, 3.05) is 11.9 Å². The fourth-order valence-corrected chi connectivity index (χ4v) is 3.03. The van der Waals surface area contributed by atoms with Crippen molar-refractivity contribution >= 4 is 40.6 Å². The predicted molar refractivity (Wildman–Crippen MR) is 78.8 cm³/mol. The van der Waals surface area contributed by atoms with Crippen molar-refractivity contribution in [3.8, 4) is 0 Å². The van der Waals surface area contributed by atoms with Crippen LogP contribution in [-0.4, -0.2) is 17.0 Å². The number of carbonyl (C=O) groups excluding carboxylic acids is 1. The fourth-order valence-electron chi connectivity index (χ4n) is 1.90. The Labute approximate surface area is 122 Å². The minimum Gasteiger partial charge on any atom is -0.322 e. The molecule has 1 aliphatic heterocycles. The van der Waals surface area contributed by atoms with E-state index in [0.717, 1.165) is 0 Å². The number of amides is 1. The molecule has 1 N–H and O–H groups in total. The molecule has 0 saturated heterocycles. The van der Waals surface area contributed by atoms with E-state index in [1.807, 2.05) is 0 Å². The largest absolute Gasteiger partial charge is 0.322 e. The molecule has 0 spiro atoms. The maximum atomic E-state index is 12.0. The topological polar surface area (TPSA) is 63.5 Å². The minimum atomic E-state index is -0.343. The zero-order chi connectivity index (χ0) is 14.1. The van der Waals surface area contributed by atoms with E-state index in [1.165, 1.54) is 17.4 Å². The van der Waals surface area contributed by atoms with Gasteiger partial charge in [0.2, 0.25) is 5.91 Å². The molecule has 2 heterocycles. The first-order valence-corrected chi connectivity index (χ1v) is 7.15. The highest BCUT2D eigenvalue weighted by atomic mass is 35.5. The molecule has 0 saturated carbocycles. The van der Waals surface area contributed by atoms with E-state index in [-0.39, 0.29) is 11.5 Å². The van der Waals surface area contributed by atoms with Gasteiger partial charge < -0.3 is 5.32 Å². The van der Waals surface area contributed by atoms with Crippen molar-refractivity contribution in [2.45, 2.75) is 6.54 Å². The van der Waals surface area contributed by atoms with Gasteiger partial charge in [-0.3, -0.25) is 19.1 Å². The highest BCUT2D eigenvalue weighted by Gasteiger charge is 2.10. The van der Waals surface area contributed by atoms with Crippen molar-refractivity contribution in [1.82, 2.24) is 4.57 Å². The van der Waals surface area contributed by atoms with Crippen LogP contribution in [0.1, 0.15) is 0 Å². The third kappa shape index (κ3) is 2.52. The van der Waals surface area contributed by atoms with Crippen LogP contribution in [0.2, 0.25) is 5.02 Å². The molecular weight excluding hydrogens is 298 g/mol. The van der Waals surface area contributed by atoms with Crippen LogP contribution in [0.5, 0.6) is 0 Å². The number of benzene rings is 1. The molecule has 1 aromatic heterocycles. The second-order valence-electron chi connectivity index (χ2n) is 4.23. The van der Waals surface area contributed by atoms with Gasteiger partial charge in [-0.05, 0) is 24.3 Å². The van der Waals surface area contributed by atoms with Gasteiger partial charge in [0.05, 0.1) is 6.54 Å². The van der Waals surface area contributed by atoms with Crippen molar-refractivity contribution in [1.29, 1.82) is 0 Å². The molecule has 0 bridgehead atoms. The monoisotopic (exact) mass is 307 g/mol. The molecule has 0 fully saturated rings. The van der Waals surface area contributed by atoms with Gasteiger partial charge >= 0.3 is 0 Å². The van der Waals surface area contributed by atoms with E-state index < -0.39 is 0 Å². The number of rotatable bonds is 2. The van der Waals surface area contributed by atoms with E-state index in [1.54, 1.807) is 28.8 Å². The zero-order valence-corrected chi connectivity index (χ0v) is 11.9. The third-order valence-corrected chi connectivity index (χ3v) is 4.13. The summed E-state index contributed by atoms with van der Waals surface area (Å²) in [6.45, 7) is 1.23. The first-order chi connectivity index (χ1) is 9.63. The molecule has 7 heteroatoms. The maximum absolute atomic E-state index is 12.0. The smallest absolute Gasteiger partial charge is 0.270 e. The van der Waals surface area contributed by atoms with Crippen LogP contribution >= 0.6 is 22.9 Å². The van der Waals surface area contributed by atoms with E-state index in [9.17, 15) is 9.59 Å². The number of aromatic nitrogens is 1. The van der Waals surface area contributed by atoms with Crippen LogP contribution in [0, 0.1) is 0 Å². The molecule has 0 atom stereocenters. The maximum Gasteiger partial charge on any atom is 0.270 e. The van der Waals surface area contributed by atoms with E-state index in [4.69, 9.17) is 11.6 Å². The summed E-state index contributed by atoms with van der Waals surface area (Å²) in [5.74, 6) is -0.343. The molecule has 0 unspecified atom stereocenters. The van der Waals surface area contributed by atoms with Gasteiger partial charge in [0.25, 0.3) is 5.56 Å². The van der Waals surface area contributed by atoms with Gasteiger partial charge in [0.15, 0.2) is 4.80 Å². The summed E-state index contributed by atoms with van der Waals surface area (Å²) >= 11 is 7.00. The first-order valence-electron chi connectivity index (χ1n) is 5.96. The van der Waals surface area contributed by atoms with Crippen molar-refractivity contribution in [3.63, 3.8) is 0 Å². The molecule has 3 rings (SSSR count). The Balaban J connectivity index is 1.87. The van der Waals surface area contributed by atoms with E-state index in [2.05, 4.69) is 10.3 Å². The number of hydrogen-bond donors (Lipinski definition) is 1. The fraction of sp³-hybridized carbons (Fsp3) is 0.154. The van der Waals surface area contributed by atoms with Crippen molar-refractivity contribution in [3.05, 3.63) is 49.0 Å². The lowest BCUT2D eigenvalue weighted by atomic mass is 10.3. The Morgan fingerprint density at radius 2 is 2.15 bits per heavy atom. The van der Waals surface area contributed by atoms with Crippen LogP contribution < -0.4 is 20.2 Å². The number of halogens is 1. The average molecular weight is 308 g/mol. The number of fused-ring (bicyclic) bond motifs is 1. The Kier molecular flexibility index (Phi) is 3.42. The molecule has 1 amide bonds. The van der Waals surface area contributed by atoms with Gasteiger partial charge in [0, 0.05) is 23.3 Å². The van der Waals surface area contributed by atoms with Gasteiger partial charge in [-0.2, -0.15) is 0 Å². The van der Waals surface area contributed by atoms with Crippen molar-refractivity contribution < 1.29 is 4.79 Å². The average Bonchev–Trinajstić information content (AvgIpc) is 2.97. The summed E-state index contributed by atoms with van der Waals surface area (Å²) in [7, 11) is 0. The van der Waals surface area contributed by atoms with E-state index in [0.29, 0.717) is 33.1 Å². The van der Waals surface area contributed by atoms with E-state index >= 15 is 0 Å². The van der Waals surface area contributed by atoms with Crippen LogP contribution in [0.25, 0.3) is 6.08 Å². The van der Waals surface area contributed by atoms with Crippen LogP contribution in [0.4, 0.5) is 5.69 Å². The molecule has 5 nitrogen and oxygen atoms in total. The minimum absolute atomic E-state index is 0.155. The van der Waals surface area contributed by atoms with Crippen molar-refractivity contribution in [2.24, 2.45) is 4.99 Å². The number of carbonyl (C=O) groups is 1. The standard InChI is InChI=1S/C13H10ClN3O2S/c14-8-1-3-9(4-2-8)16-11(18)7-10-12(19)17-6-5-15-13(17)20-10/h1-4,7H,5-6H2,(H,16,18). The van der Waals surface area contributed by atoms with Gasteiger partial charge in [-0.1, -0.05) is 22.9 Å². The highest BCUT2D eigenvalue weighted by molar-refractivity contribution is 7.07. The highest BCUT2D eigenvalue weighted by Crippen LogP contribution is 2.13. The Bertz CT molecular complexity index is 836. The molecule has 1 aromatic carbocycles. The molecule has 1 aliphatic rings. The summed E-state index contributed by atoms with van der Waals surface area (Å²) in [6, 6.07) is 6.77. The van der Waals surface area contributed by atoms with Gasteiger partial charge in [-0.25, -0.2) is 0 Å². The molecule has 0 aliphatic carbocycles. The van der Waals surface area contributed by atoms with Crippen LogP contribution in [0.3, 0.4) is 0 Å². The summed E-state index contributed by atoms with van der Waals surface area (Å²) in [5.41, 5.74) is 0.474. The number of hydrogen-bond acceptors (Lipinski definition) is 4. The lowest BCUT2D eigenvalue weighted by molar-refractivity contribution is -0.110. The summed E-state index contributed by atoms with van der Waals surface area (Å²) < 4.78 is 1.99. The lowest BCUT2D eigenvalue weighted by Gasteiger charge is -2.00. The normalized spacial score (nSPS) is 13.9. The number of thiazole rings is 1. The first kappa shape index (κ1) is 13.1. The summed E-state index contributed by atoms with van der Waals surface area (Å²) in [4.78, 5) is 28.7. The Morgan fingerprint density at radius 3 is 2.85 bits per heavy atom.